The molecule has 1 heterocycles. The summed E-state index contributed by atoms with van der Waals surface area (Å²) in [6.07, 6.45) is 1.67. The number of hydrogen-bond acceptors (Lipinski definition) is 3. The first kappa shape index (κ1) is 15.0. The molecule has 0 saturated heterocycles. The zero-order chi connectivity index (χ0) is 14.0. The highest BCUT2D eigenvalue weighted by atomic mass is 79.9. The lowest BCUT2D eigenvalue weighted by molar-refractivity contribution is 0.0693. The van der Waals surface area contributed by atoms with Crippen molar-refractivity contribution in [2.75, 3.05) is 0 Å². The maximum Gasteiger partial charge on any atom is 0.336 e. The van der Waals surface area contributed by atoms with Crippen LogP contribution in [0.2, 0.25) is 0 Å². The van der Waals surface area contributed by atoms with Gasteiger partial charge in [0.2, 0.25) is 0 Å². The summed E-state index contributed by atoms with van der Waals surface area (Å²) < 4.78 is 2.49. The smallest absolute Gasteiger partial charge is 0.336 e. The summed E-state index contributed by atoms with van der Waals surface area (Å²) in [6.45, 7) is 0. The molecule has 3 nitrogen and oxygen atoms in total. The highest BCUT2D eigenvalue weighted by Crippen LogP contribution is 2.36. The molecule has 0 aliphatic carbocycles. The largest absolute Gasteiger partial charge is 0.478 e. The van der Waals surface area contributed by atoms with Crippen molar-refractivity contribution in [1.29, 1.82) is 0 Å². The van der Waals surface area contributed by atoms with Crippen molar-refractivity contribution in [3.63, 3.8) is 0 Å². The quantitative estimate of drug-likeness (QED) is 0.672. The standard InChI is InChI=1S/C12H6Br3NO2S/c13-6-1-2-8(12(17)18)10(4-6)19-11-9(15)3-7(14)5-16-11/h1-5H,(H,17,18). The summed E-state index contributed by atoms with van der Waals surface area (Å²) in [5.74, 6) is -0.955. The number of carboxylic acids is 1. The minimum Gasteiger partial charge on any atom is -0.478 e. The Morgan fingerprint density at radius 3 is 2.53 bits per heavy atom. The van der Waals surface area contributed by atoms with E-state index < -0.39 is 5.97 Å². The lowest BCUT2D eigenvalue weighted by Gasteiger charge is -2.07. The summed E-state index contributed by atoms with van der Waals surface area (Å²) in [5, 5.41) is 9.89. The van der Waals surface area contributed by atoms with Crippen LogP contribution in [-0.2, 0) is 0 Å². The van der Waals surface area contributed by atoms with Gasteiger partial charge in [-0.1, -0.05) is 27.7 Å². The number of rotatable bonds is 3. The monoisotopic (exact) mass is 465 g/mol. The summed E-state index contributed by atoms with van der Waals surface area (Å²) in [7, 11) is 0. The number of aromatic nitrogens is 1. The lowest BCUT2D eigenvalue weighted by atomic mass is 10.2. The van der Waals surface area contributed by atoms with Gasteiger partial charge in [-0.15, -0.1) is 0 Å². The third-order valence-corrected chi connectivity index (χ3v) is 5.02. The summed E-state index contributed by atoms with van der Waals surface area (Å²) in [4.78, 5) is 16.1. The minimum atomic E-state index is -0.955. The SMILES string of the molecule is O=C(O)c1ccc(Br)cc1Sc1ncc(Br)cc1Br. The number of halogens is 3. The lowest BCUT2D eigenvalue weighted by Crippen LogP contribution is -1.98. The Hall–Kier alpha value is -0.370. The van der Waals surface area contributed by atoms with Crippen LogP contribution < -0.4 is 0 Å². The van der Waals surface area contributed by atoms with E-state index in [1.54, 1.807) is 24.4 Å². The van der Waals surface area contributed by atoms with Gasteiger partial charge in [0.1, 0.15) is 5.03 Å². The minimum absolute atomic E-state index is 0.254. The zero-order valence-electron chi connectivity index (χ0n) is 9.23. The maximum absolute atomic E-state index is 11.2. The molecule has 19 heavy (non-hydrogen) atoms. The molecule has 0 unspecified atom stereocenters. The van der Waals surface area contributed by atoms with Crippen molar-refractivity contribution < 1.29 is 9.90 Å². The molecule has 0 aliphatic heterocycles. The third-order valence-electron chi connectivity index (χ3n) is 2.15. The molecule has 98 valence electrons. The molecule has 7 heteroatoms. The summed E-state index contributed by atoms with van der Waals surface area (Å²) in [6, 6.07) is 6.91. The molecule has 0 fully saturated rings. The molecule has 2 rings (SSSR count). The number of carbonyl (C=O) groups is 1. The Bertz CT molecular complexity index is 649. The highest BCUT2D eigenvalue weighted by molar-refractivity contribution is 9.11. The van der Waals surface area contributed by atoms with E-state index in [9.17, 15) is 9.90 Å². The van der Waals surface area contributed by atoms with Crippen molar-refractivity contribution in [3.05, 3.63) is 49.4 Å². The second-order valence-corrected chi connectivity index (χ2v) is 7.20. The number of benzene rings is 1. The van der Waals surface area contributed by atoms with Crippen LogP contribution in [0.25, 0.3) is 0 Å². The average molecular weight is 468 g/mol. The van der Waals surface area contributed by atoms with Gasteiger partial charge in [-0.2, -0.15) is 0 Å². The Morgan fingerprint density at radius 2 is 1.89 bits per heavy atom. The summed E-state index contributed by atoms with van der Waals surface area (Å²) in [5.41, 5.74) is 0.254. The molecule has 2 aromatic rings. The van der Waals surface area contributed by atoms with Crippen molar-refractivity contribution in [2.45, 2.75) is 9.92 Å². The Balaban J connectivity index is 2.42. The zero-order valence-corrected chi connectivity index (χ0v) is 14.8. The molecular formula is C12H6Br3NO2S. The Kier molecular flexibility index (Phi) is 5.05. The van der Waals surface area contributed by atoms with Crippen LogP contribution in [0.3, 0.4) is 0 Å². The van der Waals surface area contributed by atoms with Gasteiger partial charge in [0.25, 0.3) is 0 Å². The van der Waals surface area contributed by atoms with E-state index in [4.69, 9.17) is 0 Å². The first-order valence-corrected chi connectivity index (χ1v) is 8.18. The first-order chi connectivity index (χ1) is 8.97. The maximum atomic E-state index is 11.2. The Morgan fingerprint density at radius 1 is 1.16 bits per heavy atom. The number of pyridine rings is 1. The fourth-order valence-electron chi connectivity index (χ4n) is 1.34. The molecule has 0 saturated carbocycles. The number of carboxylic acid groups (broad SMARTS) is 1. The van der Waals surface area contributed by atoms with Crippen LogP contribution in [-0.4, -0.2) is 16.1 Å². The van der Waals surface area contributed by atoms with E-state index in [0.717, 1.165) is 13.4 Å². The molecule has 0 atom stereocenters. The fourth-order valence-corrected chi connectivity index (χ4v) is 4.00. The van der Waals surface area contributed by atoms with E-state index in [-0.39, 0.29) is 5.56 Å². The van der Waals surface area contributed by atoms with E-state index in [2.05, 4.69) is 52.8 Å². The molecular weight excluding hydrogens is 462 g/mol. The van der Waals surface area contributed by atoms with Gasteiger partial charge in [0.15, 0.2) is 0 Å². The fraction of sp³-hybridized carbons (Fsp3) is 0. The molecule has 0 bridgehead atoms. The number of nitrogens with zero attached hydrogens (tertiary/aromatic N) is 1. The molecule has 1 aromatic carbocycles. The number of aromatic carboxylic acids is 1. The van der Waals surface area contributed by atoms with Gasteiger partial charge >= 0.3 is 5.97 Å². The van der Waals surface area contributed by atoms with Crippen LogP contribution in [0.4, 0.5) is 0 Å². The Labute approximate surface area is 139 Å². The van der Waals surface area contributed by atoms with Crippen LogP contribution in [0, 0.1) is 0 Å². The van der Waals surface area contributed by atoms with Crippen molar-refractivity contribution >= 4 is 65.5 Å². The van der Waals surface area contributed by atoms with Crippen LogP contribution in [0.1, 0.15) is 10.4 Å². The van der Waals surface area contributed by atoms with Crippen LogP contribution in [0.5, 0.6) is 0 Å². The molecule has 0 spiro atoms. The number of hydrogen-bond donors (Lipinski definition) is 1. The average Bonchev–Trinajstić information content (AvgIpc) is 2.32. The second kappa shape index (κ2) is 6.39. The van der Waals surface area contributed by atoms with Crippen molar-refractivity contribution in [1.82, 2.24) is 4.98 Å². The van der Waals surface area contributed by atoms with Gasteiger partial charge < -0.3 is 5.11 Å². The van der Waals surface area contributed by atoms with Crippen LogP contribution in [0.15, 0.2) is 53.8 Å². The van der Waals surface area contributed by atoms with Gasteiger partial charge in [-0.25, -0.2) is 9.78 Å². The van der Waals surface area contributed by atoms with Crippen molar-refractivity contribution in [2.24, 2.45) is 0 Å². The van der Waals surface area contributed by atoms with E-state index >= 15 is 0 Å². The molecule has 1 aromatic heterocycles. The summed E-state index contributed by atoms with van der Waals surface area (Å²) >= 11 is 11.4. The molecule has 1 N–H and O–H groups in total. The van der Waals surface area contributed by atoms with Gasteiger partial charge in [0, 0.05) is 20.0 Å². The van der Waals surface area contributed by atoms with E-state index in [0.29, 0.717) is 9.92 Å². The normalized spacial score (nSPS) is 10.5. The second-order valence-electron chi connectivity index (χ2n) is 3.49. The first-order valence-electron chi connectivity index (χ1n) is 4.99. The van der Waals surface area contributed by atoms with Crippen LogP contribution >= 0.6 is 59.6 Å². The predicted octanol–water partition coefficient (Wildman–Crippen LogP) is 5.22. The van der Waals surface area contributed by atoms with Gasteiger partial charge in [-0.05, 0) is 56.1 Å². The molecule has 0 radical (unpaired) electrons. The third kappa shape index (κ3) is 3.81. The predicted molar refractivity (Wildman–Crippen MR) is 84.9 cm³/mol. The van der Waals surface area contributed by atoms with Gasteiger partial charge in [0.05, 0.1) is 10.0 Å². The molecule has 0 aliphatic rings. The topological polar surface area (TPSA) is 50.2 Å². The van der Waals surface area contributed by atoms with Crippen molar-refractivity contribution in [3.8, 4) is 0 Å². The van der Waals surface area contributed by atoms with Gasteiger partial charge in [-0.3, -0.25) is 0 Å². The van der Waals surface area contributed by atoms with E-state index in [1.165, 1.54) is 11.8 Å². The highest BCUT2D eigenvalue weighted by Gasteiger charge is 2.14. The van der Waals surface area contributed by atoms with E-state index in [1.807, 2.05) is 6.07 Å². The molecule has 0 amide bonds.